The minimum atomic E-state index is -0.294. The molecular weight excluding hydrogens is 353 g/mol. The summed E-state index contributed by atoms with van der Waals surface area (Å²) in [4.78, 5) is 26.0. The van der Waals surface area contributed by atoms with Crippen LogP contribution in [0.4, 0.5) is 9.18 Å². The summed E-state index contributed by atoms with van der Waals surface area (Å²) in [6, 6.07) is 13.4. The fourth-order valence-corrected chi connectivity index (χ4v) is 3.39. The molecule has 0 atom stereocenters. The van der Waals surface area contributed by atoms with Crippen molar-refractivity contribution in [1.82, 2.24) is 4.90 Å². The van der Waals surface area contributed by atoms with Gasteiger partial charge in [0.25, 0.3) is 11.1 Å². The quantitative estimate of drug-likeness (QED) is 0.681. The van der Waals surface area contributed by atoms with E-state index in [0.29, 0.717) is 17.2 Å². The third kappa shape index (κ3) is 4.14. The fraction of sp³-hybridized carbons (Fsp3) is 0.200. The highest BCUT2D eigenvalue weighted by Gasteiger charge is 2.34. The van der Waals surface area contributed by atoms with Gasteiger partial charge in [-0.2, -0.15) is 0 Å². The molecule has 0 spiro atoms. The van der Waals surface area contributed by atoms with E-state index in [2.05, 4.69) is 0 Å². The van der Waals surface area contributed by atoms with Crippen molar-refractivity contribution in [2.24, 2.45) is 0 Å². The number of imide groups is 1. The smallest absolute Gasteiger partial charge is 0.293 e. The van der Waals surface area contributed by atoms with Crippen LogP contribution in [0.15, 0.2) is 53.4 Å². The zero-order valence-electron chi connectivity index (χ0n) is 14.3. The molecule has 2 aromatic rings. The van der Waals surface area contributed by atoms with Crippen LogP contribution >= 0.6 is 11.8 Å². The van der Waals surface area contributed by atoms with Gasteiger partial charge < -0.3 is 4.74 Å². The van der Waals surface area contributed by atoms with Crippen LogP contribution in [0.1, 0.15) is 24.5 Å². The van der Waals surface area contributed by atoms with Crippen molar-refractivity contribution in [3.8, 4) is 5.75 Å². The molecule has 6 heteroatoms. The average Bonchev–Trinajstić information content (AvgIpc) is 2.90. The zero-order chi connectivity index (χ0) is 18.5. The molecule has 2 amide bonds. The lowest BCUT2D eigenvalue weighted by Gasteiger charge is -2.10. The van der Waals surface area contributed by atoms with Gasteiger partial charge in [0, 0.05) is 12.1 Å². The molecule has 0 saturated carbocycles. The van der Waals surface area contributed by atoms with Gasteiger partial charge in [-0.3, -0.25) is 14.5 Å². The summed E-state index contributed by atoms with van der Waals surface area (Å²) < 4.78 is 18.8. The molecule has 0 unspecified atom stereocenters. The van der Waals surface area contributed by atoms with Gasteiger partial charge in [0.1, 0.15) is 18.2 Å². The van der Waals surface area contributed by atoms with E-state index in [4.69, 9.17) is 4.74 Å². The molecule has 0 N–H and O–H groups in total. The Kier molecular flexibility index (Phi) is 5.73. The SMILES string of the molecule is CCCN1C(=O)S/C(=C/c2ccccc2OCc2ccc(F)cc2)C1=O. The maximum atomic E-state index is 13.0. The number of carbonyl (C=O) groups excluding carboxylic acids is 2. The van der Waals surface area contributed by atoms with E-state index in [0.717, 1.165) is 29.3 Å². The van der Waals surface area contributed by atoms with Crippen LogP contribution in [0.5, 0.6) is 5.75 Å². The largest absolute Gasteiger partial charge is 0.488 e. The first-order valence-electron chi connectivity index (χ1n) is 8.30. The highest BCUT2D eigenvalue weighted by Crippen LogP contribution is 2.34. The normalized spacial score (nSPS) is 15.8. The second kappa shape index (κ2) is 8.19. The number of halogens is 1. The van der Waals surface area contributed by atoms with E-state index in [1.807, 2.05) is 25.1 Å². The molecule has 0 aromatic heterocycles. The third-order valence-corrected chi connectivity index (χ3v) is 4.74. The Balaban J connectivity index is 1.78. The standard InChI is InChI=1S/C20H18FNO3S/c1-2-11-22-19(23)18(26-20(22)24)12-15-5-3-4-6-17(15)25-13-14-7-9-16(21)10-8-14/h3-10,12H,2,11,13H2,1H3/b18-12+. The van der Waals surface area contributed by atoms with Crippen LogP contribution in [0.2, 0.25) is 0 Å². The van der Waals surface area contributed by atoms with Gasteiger partial charge in [-0.15, -0.1) is 0 Å². The molecule has 26 heavy (non-hydrogen) atoms. The topological polar surface area (TPSA) is 46.6 Å². The van der Waals surface area contributed by atoms with Crippen LogP contribution in [0.3, 0.4) is 0 Å². The van der Waals surface area contributed by atoms with Crippen molar-refractivity contribution >= 4 is 29.0 Å². The molecule has 2 aromatic carbocycles. The first-order valence-corrected chi connectivity index (χ1v) is 9.11. The summed E-state index contributed by atoms with van der Waals surface area (Å²) in [6.07, 6.45) is 2.41. The van der Waals surface area contributed by atoms with Crippen molar-refractivity contribution < 1.29 is 18.7 Å². The predicted octanol–water partition coefficient (Wildman–Crippen LogP) is 4.85. The summed E-state index contributed by atoms with van der Waals surface area (Å²) in [7, 11) is 0. The van der Waals surface area contributed by atoms with E-state index in [1.54, 1.807) is 24.3 Å². The number of hydrogen-bond acceptors (Lipinski definition) is 4. The number of thioether (sulfide) groups is 1. The zero-order valence-corrected chi connectivity index (χ0v) is 15.1. The summed E-state index contributed by atoms with van der Waals surface area (Å²) in [6.45, 7) is 2.62. The Morgan fingerprint density at radius 3 is 2.58 bits per heavy atom. The molecule has 134 valence electrons. The van der Waals surface area contributed by atoms with Gasteiger partial charge in [-0.25, -0.2) is 4.39 Å². The molecule has 1 aliphatic heterocycles. The van der Waals surface area contributed by atoms with Gasteiger partial charge in [0.15, 0.2) is 0 Å². The molecule has 1 fully saturated rings. The molecule has 1 heterocycles. The summed E-state index contributed by atoms with van der Waals surface area (Å²) in [5, 5.41) is -0.243. The van der Waals surface area contributed by atoms with E-state index < -0.39 is 0 Å². The summed E-state index contributed by atoms with van der Waals surface area (Å²) >= 11 is 0.943. The highest BCUT2D eigenvalue weighted by atomic mass is 32.2. The van der Waals surface area contributed by atoms with E-state index in [-0.39, 0.29) is 23.6 Å². The van der Waals surface area contributed by atoms with E-state index in [1.165, 1.54) is 17.0 Å². The maximum absolute atomic E-state index is 13.0. The van der Waals surface area contributed by atoms with Crippen LogP contribution < -0.4 is 4.74 Å². The average molecular weight is 371 g/mol. The number of para-hydroxylation sites is 1. The maximum Gasteiger partial charge on any atom is 0.293 e. The second-order valence-corrected chi connectivity index (χ2v) is 6.78. The van der Waals surface area contributed by atoms with Gasteiger partial charge >= 0.3 is 0 Å². The molecule has 3 rings (SSSR count). The van der Waals surface area contributed by atoms with Gasteiger partial charge in [-0.1, -0.05) is 37.3 Å². The van der Waals surface area contributed by atoms with Crippen molar-refractivity contribution in [1.29, 1.82) is 0 Å². The van der Waals surface area contributed by atoms with Crippen molar-refractivity contribution in [3.05, 3.63) is 70.4 Å². The minimum Gasteiger partial charge on any atom is -0.488 e. The van der Waals surface area contributed by atoms with Crippen molar-refractivity contribution in [2.45, 2.75) is 20.0 Å². The third-order valence-electron chi connectivity index (χ3n) is 3.83. The number of carbonyl (C=O) groups is 2. The number of rotatable bonds is 6. The molecule has 0 bridgehead atoms. The Morgan fingerprint density at radius 1 is 1.12 bits per heavy atom. The molecule has 1 saturated heterocycles. The number of nitrogens with zero attached hydrogens (tertiary/aromatic N) is 1. The van der Waals surface area contributed by atoms with Crippen molar-refractivity contribution in [3.63, 3.8) is 0 Å². The van der Waals surface area contributed by atoms with Crippen LogP contribution in [0.25, 0.3) is 6.08 Å². The lowest BCUT2D eigenvalue weighted by molar-refractivity contribution is -0.122. The minimum absolute atomic E-state index is 0.243. The molecular formula is C20H18FNO3S. The summed E-state index contributed by atoms with van der Waals surface area (Å²) in [5.41, 5.74) is 1.56. The molecule has 0 aliphatic carbocycles. The molecule has 4 nitrogen and oxygen atoms in total. The Hall–Kier alpha value is -2.60. The number of amides is 2. The Morgan fingerprint density at radius 2 is 1.85 bits per heavy atom. The number of benzene rings is 2. The first-order chi connectivity index (χ1) is 12.6. The van der Waals surface area contributed by atoms with E-state index >= 15 is 0 Å². The molecule has 0 radical (unpaired) electrons. The first kappa shape index (κ1) is 18.2. The monoisotopic (exact) mass is 371 g/mol. The van der Waals surface area contributed by atoms with E-state index in [9.17, 15) is 14.0 Å². The summed E-state index contributed by atoms with van der Waals surface area (Å²) in [5.74, 6) is 0.0336. The van der Waals surface area contributed by atoms with Gasteiger partial charge in [0.2, 0.25) is 0 Å². The highest BCUT2D eigenvalue weighted by molar-refractivity contribution is 8.18. The second-order valence-electron chi connectivity index (χ2n) is 5.79. The van der Waals surface area contributed by atoms with Gasteiger partial charge in [0.05, 0.1) is 4.91 Å². The number of ether oxygens (including phenoxy) is 1. The number of hydrogen-bond donors (Lipinski definition) is 0. The Labute approximate surface area is 155 Å². The fourth-order valence-electron chi connectivity index (χ4n) is 2.53. The lowest BCUT2D eigenvalue weighted by Crippen LogP contribution is -2.28. The van der Waals surface area contributed by atoms with Crippen LogP contribution in [-0.2, 0) is 11.4 Å². The Bertz CT molecular complexity index is 848. The van der Waals surface area contributed by atoms with Gasteiger partial charge in [-0.05, 0) is 48.0 Å². The molecule has 1 aliphatic rings. The van der Waals surface area contributed by atoms with Crippen molar-refractivity contribution in [2.75, 3.05) is 6.54 Å². The van der Waals surface area contributed by atoms with Crippen LogP contribution in [0, 0.1) is 5.82 Å². The predicted molar refractivity (Wildman–Crippen MR) is 100 cm³/mol. The van der Waals surface area contributed by atoms with Crippen LogP contribution in [-0.4, -0.2) is 22.6 Å². The lowest BCUT2D eigenvalue weighted by atomic mass is 10.1.